The number of Topliss-reactive ketones (excluding diaryl/α,β-unsaturated/α-hetero) is 1. The van der Waals surface area contributed by atoms with Gasteiger partial charge in [-0.15, -0.1) is 0 Å². The first-order valence-electron chi connectivity index (χ1n) is 11.7. The molecule has 4 rings (SSSR count). The molecule has 1 aliphatic rings. The average molecular weight is 550 g/mol. The maximum atomic E-state index is 13.2. The molecular formula is C29H28BrNO5. The van der Waals surface area contributed by atoms with Gasteiger partial charge in [-0.3, -0.25) is 9.59 Å². The number of ether oxygens (including phenoxy) is 1. The number of nitrogens with zero attached hydrogens (tertiary/aromatic N) is 1. The zero-order chi connectivity index (χ0) is 26.0. The number of rotatable bonds is 7. The van der Waals surface area contributed by atoms with Gasteiger partial charge in [0.25, 0.3) is 11.7 Å². The number of hydrogen-bond acceptors (Lipinski definition) is 5. The number of phenols is 1. The number of aliphatic hydroxyl groups excluding tert-OH is 1. The van der Waals surface area contributed by atoms with Gasteiger partial charge in [-0.25, -0.2) is 0 Å². The summed E-state index contributed by atoms with van der Waals surface area (Å²) in [6, 6.07) is 18.2. The highest BCUT2D eigenvalue weighted by Gasteiger charge is 2.46. The number of ketones is 1. The van der Waals surface area contributed by atoms with Gasteiger partial charge < -0.3 is 19.8 Å². The molecule has 0 spiro atoms. The van der Waals surface area contributed by atoms with Gasteiger partial charge in [0.2, 0.25) is 0 Å². The van der Waals surface area contributed by atoms with E-state index >= 15 is 0 Å². The van der Waals surface area contributed by atoms with Gasteiger partial charge >= 0.3 is 0 Å². The summed E-state index contributed by atoms with van der Waals surface area (Å²) in [5, 5.41) is 21.0. The van der Waals surface area contributed by atoms with Gasteiger partial charge in [-0.05, 0) is 65.9 Å². The molecule has 1 amide bonds. The van der Waals surface area contributed by atoms with E-state index in [2.05, 4.69) is 29.8 Å². The molecule has 1 aliphatic heterocycles. The second-order valence-corrected chi connectivity index (χ2v) is 10.2. The molecular weight excluding hydrogens is 522 g/mol. The molecule has 186 valence electrons. The van der Waals surface area contributed by atoms with Crippen molar-refractivity contribution in [2.24, 2.45) is 5.92 Å². The monoisotopic (exact) mass is 549 g/mol. The zero-order valence-electron chi connectivity index (χ0n) is 20.4. The molecule has 0 aliphatic carbocycles. The highest BCUT2D eigenvalue weighted by atomic mass is 79.9. The normalized spacial score (nSPS) is 17.1. The molecule has 0 radical (unpaired) electrons. The van der Waals surface area contributed by atoms with Gasteiger partial charge in [0.1, 0.15) is 17.3 Å². The number of carbonyl (C=O) groups excluding carboxylic acids is 2. The van der Waals surface area contributed by atoms with E-state index in [1.54, 1.807) is 30.3 Å². The van der Waals surface area contributed by atoms with Crippen LogP contribution >= 0.6 is 15.9 Å². The molecule has 1 heterocycles. The van der Waals surface area contributed by atoms with E-state index in [4.69, 9.17) is 4.74 Å². The molecule has 7 heteroatoms. The topological polar surface area (TPSA) is 87.1 Å². The molecule has 36 heavy (non-hydrogen) atoms. The van der Waals surface area contributed by atoms with Crippen molar-refractivity contribution >= 4 is 33.4 Å². The van der Waals surface area contributed by atoms with Crippen molar-refractivity contribution < 1.29 is 24.5 Å². The lowest BCUT2D eigenvalue weighted by Crippen LogP contribution is -2.29. The number of likely N-dealkylation sites (tertiary alicyclic amines) is 1. The van der Waals surface area contributed by atoms with Crippen molar-refractivity contribution in [1.29, 1.82) is 0 Å². The molecule has 6 nitrogen and oxygen atoms in total. The Morgan fingerprint density at radius 3 is 2.31 bits per heavy atom. The minimum atomic E-state index is -0.813. The van der Waals surface area contributed by atoms with Gasteiger partial charge in [-0.1, -0.05) is 60.1 Å². The Bertz CT molecular complexity index is 1310. The highest BCUT2D eigenvalue weighted by molar-refractivity contribution is 9.10. The van der Waals surface area contributed by atoms with Crippen LogP contribution in [-0.2, 0) is 16.1 Å². The van der Waals surface area contributed by atoms with Crippen LogP contribution in [0.2, 0.25) is 0 Å². The minimum Gasteiger partial charge on any atom is -0.508 e. The molecule has 1 unspecified atom stereocenters. The van der Waals surface area contributed by atoms with Gasteiger partial charge in [-0.2, -0.15) is 0 Å². The summed E-state index contributed by atoms with van der Waals surface area (Å²) in [6.45, 7) is 6.79. The van der Waals surface area contributed by atoms with Crippen LogP contribution in [0.1, 0.15) is 42.1 Å². The van der Waals surface area contributed by atoms with Crippen molar-refractivity contribution in [2.45, 2.75) is 33.4 Å². The second-order valence-electron chi connectivity index (χ2n) is 9.33. The third-order valence-corrected chi connectivity index (χ3v) is 6.93. The standard InChI is InChI=1S/C29H28BrNO5/c1-17(2)16-36-23-11-4-19(5-12-23)15-31-26(20-6-9-22(32)10-7-20)25(28(34)29(31)35)27(33)21-8-13-24(30)18(3)14-21/h4-14,17,26,32-33H,15-16H2,1-3H3/b27-25-. The molecule has 1 fully saturated rings. The van der Waals surface area contributed by atoms with Crippen LogP contribution in [-0.4, -0.2) is 33.4 Å². The fraction of sp³-hybridized carbons (Fsp3) is 0.241. The minimum absolute atomic E-state index is 0.0179. The number of benzene rings is 3. The third-order valence-electron chi connectivity index (χ3n) is 6.04. The Labute approximate surface area is 219 Å². The van der Waals surface area contributed by atoms with E-state index in [0.717, 1.165) is 21.3 Å². The summed E-state index contributed by atoms with van der Waals surface area (Å²) in [5.74, 6) is -0.476. The summed E-state index contributed by atoms with van der Waals surface area (Å²) < 4.78 is 6.62. The van der Waals surface area contributed by atoms with Gasteiger partial charge in [0, 0.05) is 16.6 Å². The maximum Gasteiger partial charge on any atom is 0.295 e. The van der Waals surface area contributed by atoms with Crippen LogP contribution in [0.25, 0.3) is 5.76 Å². The molecule has 3 aromatic carbocycles. The number of halogens is 1. The number of hydrogen-bond donors (Lipinski definition) is 2. The van der Waals surface area contributed by atoms with Crippen molar-refractivity contribution in [3.05, 3.63) is 99.0 Å². The number of carbonyl (C=O) groups is 2. The smallest absolute Gasteiger partial charge is 0.295 e. The second kappa shape index (κ2) is 10.6. The number of amides is 1. The first kappa shape index (κ1) is 25.5. The quantitative estimate of drug-likeness (QED) is 0.210. The summed E-state index contributed by atoms with van der Waals surface area (Å²) >= 11 is 3.45. The molecule has 1 saturated heterocycles. The largest absolute Gasteiger partial charge is 0.508 e. The predicted octanol–water partition coefficient (Wildman–Crippen LogP) is 6.12. The summed E-state index contributed by atoms with van der Waals surface area (Å²) in [7, 11) is 0. The third kappa shape index (κ3) is 5.31. The fourth-order valence-corrected chi connectivity index (χ4v) is 4.39. The van der Waals surface area contributed by atoms with Crippen LogP contribution in [0, 0.1) is 12.8 Å². The van der Waals surface area contributed by atoms with E-state index in [1.165, 1.54) is 17.0 Å². The van der Waals surface area contributed by atoms with E-state index in [-0.39, 0.29) is 23.6 Å². The van der Waals surface area contributed by atoms with E-state index in [0.29, 0.717) is 23.7 Å². The Kier molecular flexibility index (Phi) is 7.50. The molecule has 0 bridgehead atoms. The fourth-order valence-electron chi connectivity index (χ4n) is 4.14. The van der Waals surface area contributed by atoms with E-state index in [1.807, 2.05) is 31.2 Å². The van der Waals surface area contributed by atoms with Gasteiger partial charge in [0.15, 0.2) is 0 Å². The highest BCUT2D eigenvalue weighted by Crippen LogP contribution is 2.41. The first-order chi connectivity index (χ1) is 17.2. The Balaban J connectivity index is 1.74. The predicted molar refractivity (Wildman–Crippen MR) is 142 cm³/mol. The summed E-state index contributed by atoms with van der Waals surface area (Å²) in [5.41, 5.74) is 2.78. The molecule has 3 aromatic rings. The maximum absolute atomic E-state index is 13.2. The Morgan fingerprint density at radius 2 is 1.69 bits per heavy atom. The lowest BCUT2D eigenvalue weighted by atomic mass is 9.94. The van der Waals surface area contributed by atoms with Gasteiger partial charge in [0.05, 0.1) is 18.2 Å². The van der Waals surface area contributed by atoms with Crippen LogP contribution in [0.4, 0.5) is 0 Å². The Morgan fingerprint density at radius 1 is 1.03 bits per heavy atom. The number of aryl methyl sites for hydroxylation is 1. The van der Waals surface area contributed by atoms with E-state index in [9.17, 15) is 19.8 Å². The molecule has 0 saturated carbocycles. The van der Waals surface area contributed by atoms with Crippen LogP contribution < -0.4 is 4.74 Å². The summed E-state index contributed by atoms with van der Waals surface area (Å²) in [4.78, 5) is 27.9. The van der Waals surface area contributed by atoms with E-state index < -0.39 is 17.7 Å². The molecule has 1 atom stereocenters. The van der Waals surface area contributed by atoms with Crippen molar-refractivity contribution in [2.75, 3.05) is 6.61 Å². The summed E-state index contributed by atoms with van der Waals surface area (Å²) in [6.07, 6.45) is 0. The average Bonchev–Trinajstić information content (AvgIpc) is 3.10. The molecule has 2 N–H and O–H groups in total. The van der Waals surface area contributed by atoms with Crippen molar-refractivity contribution in [3.63, 3.8) is 0 Å². The van der Waals surface area contributed by atoms with Crippen LogP contribution in [0.3, 0.4) is 0 Å². The number of aliphatic hydroxyl groups is 1. The Hall–Kier alpha value is -3.58. The lowest BCUT2D eigenvalue weighted by Gasteiger charge is -2.25. The van der Waals surface area contributed by atoms with Crippen molar-refractivity contribution in [3.8, 4) is 11.5 Å². The van der Waals surface area contributed by atoms with Crippen molar-refractivity contribution in [1.82, 2.24) is 4.90 Å². The molecule has 0 aromatic heterocycles. The lowest BCUT2D eigenvalue weighted by molar-refractivity contribution is -0.140. The number of aromatic hydroxyl groups is 1. The first-order valence-corrected chi connectivity index (χ1v) is 12.5. The van der Waals surface area contributed by atoms with Crippen LogP contribution in [0.15, 0.2) is 76.8 Å². The number of phenolic OH excluding ortho intramolecular Hbond substituents is 1. The SMILES string of the molecule is Cc1cc(/C(O)=C2/C(=O)C(=O)N(Cc3ccc(OCC(C)C)cc3)C2c2ccc(O)cc2)ccc1Br. The van der Waals surface area contributed by atoms with Crippen LogP contribution in [0.5, 0.6) is 11.5 Å². The zero-order valence-corrected chi connectivity index (χ0v) is 22.0.